The molecule has 1 atom stereocenters. The minimum absolute atomic E-state index is 0.0992. The average molecular weight is 181 g/mol. The number of halogens is 1. The lowest BCUT2D eigenvalue weighted by atomic mass is 10.1. The van der Waals surface area contributed by atoms with Gasteiger partial charge in [0.2, 0.25) is 0 Å². The van der Waals surface area contributed by atoms with E-state index in [1.165, 1.54) is 6.07 Å². The Hall–Kier alpha value is -0.930. The maximum atomic E-state index is 13.2. The van der Waals surface area contributed by atoms with Crippen LogP contribution in [0.15, 0.2) is 18.2 Å². The van der Waals surface area contributed by atoms with Crippen LogP contribution in [0.5, 0.6) is 0 Å². The van der Waals surface area contributed by atoms with Crippen molar-refractivity contribution in [3.63, 3.8) is 0 Å². The third kappa shape index (κ3) is 1.45. The van der Waals surface area contributed by atoms with E-state index >= 15 is 0 Å². The molecule has 1 aromatic rings. The number of benzene rings is 1. The van der Waals surface area contributed by atoms with Crippen molar-refractivity contribution in [1.29, 1.82) is 0 Å². The highest BCUT2D eigenvalue weighted by atomic mass is 19.1. The first kappa shape index (κ1) is 8.66. The monoisotopic (exact) mass is 181 g/mol. The number of hydrogen-bond acceptors (Lipinski definition) is 2. The molecule has 0 amide bonds. The Balaban J connectivity index is 2.32. The lowest BCUT2D eigenvalue weighted by molar-refractivity contribution is 0.0610. The second kappa shape index (κ2) is 3.44. The molecular weight excluding hydrogens is 169 g/mol. The first-order valence-electron chi connectivity index (χ1n) is 4.38. The fraction of sp³-hybridized carbons (Fsp3) is 0.400. The normalized spacial score (nSPS) is 20.3. The predicted molar refractivity (Wildman–Crippen MR) is 47.6 cm³/mol. The number of hydrogen-bond donors (Lipinski definition) is 1. The van der Waals surface area contributed by atoms with Crippen LogP contribution in [0.4, 0.5) is 4.39 Å². The Morgan fingerprint density at radius 1 is 1.54 bits per heavy atom. The lowest BCUT2D eigenvalue weighted by Gasteiger charge is -2.11. The molecule has 1 aliphatic rings. The Kier molecular flexibility index (Phi) is 2.29. The van der Waals surface area contributed by atoms with Crippen molar-refractivity contribution in [2.24, 2.45) is 0 Å². The van der Waals surface area contributed by atoms with Gasteiger partial charge in [-0.2, -0.15) is 5.48 Å². The van der Waals surface area contributed by atoms with Crippen LogP contribution in [0.3, 0.4) is 0 Å². The van der Waals surface area contributed by atoms with Gasteiger partial charge in [-0.3, -0.25) is 0 Å². The third-order valence-electron chi connectivity index (χ3n) is 2.47. The summed E-state index contributed by atoms with van der Waals surface area (Å²) >= 11 is 0. The molecular formula is C10H12FNO. The van der Waals surface area contributed by atoms with Crippen LogP contribution < -0.4 is 5.48 Å². The van der Waals surface area contributed by atoms with E-state index < -0.39 is 0 Å². The number of nitrogens with one attached hydrogen (secondary N) is 1. The maximum absolute atomic E-state index is 13.2. The lowest BCUT2D eigenvalue weighted by Crippen LogP contribution is -2.17. The summed E-state index contributed by atoms with van der Waals surface area (Å²) in [7, 11) is 1.58. The summed E-state index contributed by atoms with van der Waals surface area (Å²) in [4.78, 5) is 4.85. The summed E-state index contributed by atoms with van der Waals surface area (Å²) in [5.74, 6) is -0.0992. The fourth-order valence-electron chi connectivity index (χ4n) is 1.87. The van der Waals surface area contributed by atoms with E-state index in [2.05, 4.69) is 5.48 Å². The zero-order valence-electron chi connectivity index (χ0n) is 7.51. The van der Waals surface area contributed by atoms with Gasteiger partial charge in [0.25, 0.3) is 0 Å². The smallest absolute Gasteiger partial charge is 0.126 e. The molecule has 1 unspecified atom stereocenters. The molecule has 1 aromatic carbocycles. The summed E-state index contributed by atoms with van der Waals surface area (Å²) < 4.78 is 13.2. The second-order valence-electron chi connectivity index (χ2n) is 3.22. The van der Waals surface area contributed by atoms with E-state index in [1.807, 2.05) is 6.07 Å². The quantitative estimate of drug-likeness (QED) is 0.704. The number of rotatable bonds is 2. The van der Waals surface area contributed by atoms with Crippen molar-refractivity contribution < 1.29 is 9.23 Å². The van der Waals surface area contributed by atoms with Crippen LogP contribution in [0, 0.1) is 5.82 Å². The highest BCUT2D eigenvalue weighted by Crippen LogP contribution is 2.32. The van der Waals surface area contributed by atoms with E-state index in [9.17, 15) is 4.39 Å². The molecule has 70 valence electrons. The molecule has 0 aromatic heterocycles. The van der Waals surface area contributed by atoms with E-state index in [0.717, 1.165) is 24.0 Å². The van der Waals surface area contributed by atoms with Gasteiger partial charge >= 0.3 is 0 Å². The van der Waals surface area contributed by atoms with Gasteiger partial charge in [-0.15, -0.1) is 0 Å². The zero-order chi connectivity index (χ0) is 9.26. The molecule has 0 aliphatic heterocycles. The molecule has 2 rings (SSSR count). The first-order valence-corrected chi connectivity index (χ1v) is 4.38. The van der Waals surface area contributed by atoms with Gasteiger partial charge in [0, 0.05) is 0 Å². The molecule has 2 nitrogen and oxygen atoms in total. The third-order valence-corrected chi connectivity index (χ3v) is 2.47. The van der Waals surface area contributed by atoms with Crippen LogP contribution >= 0.6 is 0 Å². The van der Waals surface area contributed by atoms with Gasteiger partial charge in [-0.05, 0) is 30.0 Å². The fourth-order valence-corrected chi connectivity index (χ4v) is 1.87. The molecule has 3 heteroatoms. The van der Waals surface area contributed by atoms with Crippen molar-refractivity contribution in [2.75, 3.05) is 7.11 Å². The molecule has 0 saturated heterocycles. The van der Waals surface area contributed by atoms with E-state index in [0.29, 0.717) is 0 Å². The highest BCUT2D eigenvalue weighted by molar-refractivity contribution is 5.35. The van der Waals surface area contributed by atoms with Crippen molar-refractivity contribution in [1.82, 2.24) is 5.48 Å². The molecule has 0 bridgehead atoms. The van der Waals surface area contributed by atoms with Crippen molar-refractivity contribution >= 4 is 0 Å². The summed E-state index contributed by atoms with van der Waals surface area (Å²) in [5.41, 5.74) is 4.72. The van der Waals surface area contributed by atoms with Crippen LogP contribution in [-0.4, -0.2) is 7.11 Å². The molecule has 13 heavy (non-hydrogen) atoms. The molecule has 0 spiro atoms. The summed E-state index contributed by atoms with van der Waals surface area (Å²) in [5, 5.41) is 0. The minimum Gasteiger partial charge on any atom is -0.305 e. The SMILES string of the molecule is CONC1CCc2c(F)cccc21. The van der Waals surface area contributed by atoms with Crippen LogP contribution in [-0.2, 0) is 11.3 Å². The Morgan fingerprint density at radius 3 is 3.15 bits per heavy atom. The zero-order valence-corrected chi connectivity index (χ0v) is 7.51. The van der Waals surface area contributed by atoms with Gasteiger partial charge in [-0.1, -0.05) is 12.1 Å². The standard InChI is InChI=1S/C10H12FNO/c1-13-12-10-6-5-7-8(10)3-2-4-9(7)11/h2-4,10,12H,5-6H2,1H3. The van der Waals surface area contributed by atoms with E-state index in [1.54, 1.807) is 13.2 Å². The van der Waals surface area contributed by atoms with Crippen LogP contribution in [0.25, 0.3) is 0 Å². The van der Waals surface area contributed by atoms with Crippen molar-refractivity contribution in [3.8, 4) is 0 Å². The van der Waals surface area contributed by atoms with Crippen molar-refractivity contribution in [3.05, 3.63) is 35.1 Å². The van der Waals surface area contributed by atoms with Gasteiger partial charge < -0.3 is 4.84 Å². The molecule has 1 aliphatic carbocycles. The van der Waals surface area contributed by atoms with Gasteiger partial charge in [0.1, 0.15) is 5.82 Å². The number of hydroxylamine groups is 1. The van der Waals surface area contributed by atoms with Crippen LogP contribution in [0.1, 0.15) is 23.6 Å². The largest absolute Gasteiger partial charge is 0.305 e. The summed E-state index contributed by atoms with van der Waals surface area (Å²) in [6.45, 7) is 0. The van der Waals surface area contributed by atoms with Crippen molar-refractivity contribution in [2.45, 2.75) is 18.9 Å². The molecule has 0 saturated carbocycles. The highest BCUT2D eigenvalue weighted by Gasteiger charge is 2.24. The Morgan fingerprint density at radius 2 is 2.38 bits per heavy atom. The van der Waals surface area contributed by atoms with E-state index in [4.69, 9.17) is 4.84 Å². The summed E-state index contributed by atoms with van der Waals surface area (Å²) in [6.07, 6.45) is 1.70. The minimum atomic E-state index is -0.0992. The second-order valence-corrected chi connectivity index (χ2v) is 3.22. The first-order chi connectivity index (χ1) is 6.33. The molecule has 0 fully saturated rings. The Bertz CT molecular complexity index is 314. The molecule has 1 N–H and O–H groups in total. The molecule has 0 radical (unpaired) electrons. The maximum Gasteiger partial charge on any atom is 0.126 e. The van der Waals surface area contributed by atoms with Crippen LogP contribution in [0.2, 0.25) is 0 Å². The molecule has 0 heterocycles. The predicted octanol–water partition coefficient (Wildman–Crippen LogP) is 1.96. The van der Waals surface area contributed by atoms with Gasteiger partial charge in [0.05, 0.1) is 13.2 Å². The topological polar surface area (TPSA) is 21.3 Å². The average Bonchev–Trinajstić information content (AvgIpc) is 2.51. The Labute approximate surface area is 76.7 Å². The van der Waals surface area contributed by atoms with Gasteiger partial charge in [-0.25, -0.2) is 4.39 Å². The number of fused-ring (bicyclic) bond motifs is 1. The summed E-state index contributed by atoms with van der Waals surface area (Å²) in [6, 6.07) is 5.34. The van der Waals surface area contributed by atoms with E-state index in [-0.39, 0.29) is 11.9 Å². The van der Waals surface area contributed by atoms with Gasteiger partial charge in [0.15, 0.2) is 0 Å².